The molecule has 1 aliphatic heterocycles. The first-order valence-corrected chi connectivity index (χ1v) is 10.1. The first-order chi connectivity index (χ1) is 15.1. The van der Waals surface area contributed by atoms with Crippen LogP contribution in [0.1, 0.15) is 40.6 Å². The summed E-state index contributed by atoms with van der Waals surface area (Å²) in [5.41, 5.74) is 0.752. The molecule has 2 amide bonds. The van der Waals surface area contributed by atoms with Gasteiger partial charge in [0.25, 0.3) is 11.8 Å². The van der Waals surface area contributed by atoms with Crippen LogP contribution < -0.4 is 14.8 Å². The van der Waals surface area contributed by atoms with E-state index in [1.54, 1.807) is 47.5 Å². The quantitative estimate of drug-likeness (QED) is 0.576. The second-order valence-corrected chi connectivity index (χ2v) is 7.09. The lowest BCUT2D eigenvalue weighted by molar-refractivity contribution is 0.0645. The predicted octanol–water partition coefficient (Wildman–Crippen LogP) is 3.48. The number of nitrogens with zero attached hydrogens (tertiary/aromatic N) is 3. The van der Waals surface area contributed by atoms with Gasteiger partial charge in [0.1, 0.15) is 28.8 Å². The molecule has 9 heteroatoms. The minimum Gasteiger partial charge on any atom is -0.493 e. The molecule has 0 atom stereocenters. The molecular weight excluding hydrogens is 398 g/mol. The zero-order valence-corrected chi connectivity index (χ0v) is 17.1. The number of anilines is 1. The van der Waals surface area contributed by atoms with Crippen molar-refractivity contribution in [2.45, 2.75) is 19.8 Å². The Morgan fingerprint density at radius 1 is 1.13 bits per heavy atom. The highest BCUT2D eigenvalue weighted by Crippen LogP contribution is 2.28. The average Bonchev–Trinajstić information content (AvgIpc) is 3.24. The summed E-state index contributed by atoms with van der Waals surface area (Å²) in [4.78, 5) is 30.9. The third-order valence-electron chi connectivity index (χ3n) is 4.70. The summed E-state index contributed by atoms with van der Waals surface area (Å²) >= 11 is 0. The normalized spacial score (nSPS) is 12.7. The summed E-state index contributed by atoms with van der Waals surface area (Å²) < 4.78 is 11.6. The highest BCUT2D eigenvalue weighted by Gasteiger charge is 2.22. The minimum absolute atomic E-state index is 0.0782. The maximum Gasteiger partial charge on any atom is 0.272 e. The van der Waals surface area contributed by atoms with Gasteiger partial charge in [-0.05, 0) is 37.1 Å². The summed E-state index contributed by atoms with van der Waals surface area (Å²) in [5.74, 6) is 1.47. The van der Waals surface area contributed by atoms with Crippen LogP contribution in [0.15, 0.2) is 48.8 Å². The lowest BCUT2D eigenvalue weighted by atomic mass is 10.2. The summed E-state index contributed by atoms with van der Waals surface area (Å²) in [5, 5.41) is 9.24. The molecule has 3 aromatic rings. The Bertz CT molecular complexity index is 1050. The van der Waals surface area contributed by atoms with Gasteiger partial charge in [0.05, 0.1) is 19.0 Å². The van der Waals surface area contributed by atoms with E-state index in [-0.39, 0.29) is 11.8 Å². The highest BCUT2D eigenvalue weighted by atomic mass is 16.5. The van der Waals surface area contributed by atoms with Crippen LogP contribution in [0, 0.1) is 0 Å². The SMILES string of the molecule is CCCOc1cc(Oc2ccc(C(=O)N3CCC3)nc2)cc(C(=O)Nc2ccn[nH]2)c1. The zero-order valence-electron chi connectivity index (χ0n) is 17.1. The molecule has 0 radical (unpaired) electrons. The molecule has 31 heavy (non-hydrogen) atoms. The Balaban J connectivity index is 1.51. The molecule has 0 unspecified atom stereocenters. The number of amides is 2. The molecule has 2 aromatic heterocycles. The fourth-order valence-corrected chi connectivity index (χ4v) is 2.97. The van der Waals surface area contributed by atoms with E-state index in [0.29, 0.717) is 40.9 Å². The molecule has 1 fully saturated rings. The molecule has 2 N–H and O–H groups in total. The number of pyridine rings is 1. The van der Waals surface area contributed by atoms with Crippen LogP contribution in [-0.4, -0.2) is 51.6 Å². The first-order valence-electron chi connectivity index (χ1n) is 10.1. The van der Waals surface area contributed by atoms with E-state index in [1.165, 1.54) is 6.20 Å². The number of H-pyrrole nitrogens is 1. The van der Waals surface area contributed by atoms with Crippen molar-refractivity contribution in [2.24, 2.45) is 0 Å². The van der Waals surface area contributed by atoms with Crippen molar-refractivity contribution in [1.29, 1.82) is 0 Å². The second-order valence-electron chi connectivity index (χ2n) is 7.09. The molecule has 4 rings (SSSR count). The number of hydrogen-bond acceptors (Lipinski definition) is 6. The number of hydrogen-bond donors (Lipinski definition) is 2. The van der Waals surface area contributed by atoms with E-state index in [1.807, 2.05) is 6.92 Å². The van der Waals surface area contributed by atoms with Gasteiger partial charge in [-0.15, -0.1) is 0 Å². The molecule has 160 valence electrons. The van der Waals surface area contributed by atoms with Gasteiger partial charge in [-0.2, -0.15) is 5.10 Å². The lowest BCUT2D eigenvalue weighted by Crippen LogP contribution is -2.42. The van der Waals surface area contributed by atoms with Crippen LogP contribution in [0.25, 0.3) is 0 Å². The van der Waals surface area contributed by atoms with Crippen molar-refractivity contribution in [1.82, 2.24) is 20.1 Å². The van der Waals surface area contributed by atoms with Gasteiger partial charge < -0.3 is 19.7 Å². The number of ether oxygens (including phenoxy) is 2. The topological polar surface area (TPSA) is 109 Å². The number of likely N-dealkylation sites (tertiary alicyclic amines) is 1. The van der Waals surface area contributed by atoms with Gasteiger partial charge in [0.15, 0.2) is 0 Å². The van der Waals surface area contributed by atoms with Gasteiger partial charge in [-0.3, -0.25) is 14.7 Å². The summed E-state index contributed by atoms with van der Waals surface area (Å²) in [7, 11) is 0. The monoisotopic (exact) mass is 421 g/mol. The summed E-state index contributed by atoms with van der Waals surface area (Å²) in [6, 6.07) is 9.96. The molecule has 1 aliphatic rings. The number of aromatic nitrogens is 3. The third-order valence-corrected chi connectivity index (χ3v) is 4.70. The van der Waals surface area contributed by atoms with E-state index >= 15 is 0 Å². The Kier molecular flexibility index (Phi) is 6.11. The van der Waals surface area contributed by atoms with Crippen LogP contribution in [0.5, 0.6) is 17.2 Å². The largest absolute Gasteiger partial charge is 0.493 e. The smallest absolute Gasteiger partial charge is 0.272 e. The molecule has 3 heterocycles. The number of carbonyl (C=O) groups is 2. The van der Waals surface area contributed by atoms with Crippen LogP contribution in [0.2, 0.25) is 0 Å². The van der Waals surface area contributed by atoms with Crippen molar-refractivity contribution < 1.29 is 19.1 Å². The second kappa shape index (κ2) is 9.29. The van der Waals surface area contributed by atoms with Gasteiger partial charge in [-0.1, -0.05) is 6.92 Å². The molecule has 1 saturated heterocycles. The summed E-state index contributed by atoms with van der Waals surface area (Å²) in [6.07, 6.45) is 4.90. The number of carbonyl (C=O) groups excluding carboxylic acids is 2. The van der Waals surface area contributed by atoms with Gasteiger partial charge >= 0.3 is 0 Å². The highest BCUT2D eigenvalue weighted by molar-refractivity contribution is 6.04. The molecule has 0 bridgehead atoms. The Hall–Kier alpha value is -3.88. The minimum atomic E-state index is -0.329. The number of aromatic amines is 1. The lowest BCUT2D eigenvalue weighted by Gasteiger charge is -2.30. The first kappa shape index (κ1) is 20.4. The van der Waals surface area contributed by atoms with E-state index in [9.17, 15) is 9.59 Å². The third kappa shape index (κ3) is 5.00. The molecule has 0 saturated carbocycles. The van der Waals surface area contributed by atoms with Crippen molar-refractivity contribution in [3.05, 3.63) is 60.0 Å². The van der Waals surface area contributed by atoms with Crippen LogP contribution >= 0.6 is 0 Å². The van der Waals surface area contributed by atoms with Gasteiger partial charge in [-0.25, -0.2) is 4.98 Å². The maximum atomic E-state index is 12.6. The van der Waals surface area contributed by atoms with E-state index < -0.39 is 0 Å². The number of rotatable bonds is 8. The molecule has 0 spiro atoms. The van der Waals surface area contributed by atoms with E-state index in [2.05, 4.69) is 20.5 Å². The maximum absolute atomic E-state index is 12.6. The summed E-state index contributed by atoms with van der Waals surface area (Å²) in [6.45, 7) is 4.06. The van der Waals surface area contributed by atoms with Gasteiger partial charge in [0, 0.05) is 30.8 Å². The predicted molar refractivity (Wildman–Crippen MR) is 114 cm³/mol. The number of nitrogens with one attached hydrogen (secondary N) is 2. The van der Waals surface area contributed by atoms with Crippen molar-refractivity contribution in [2.75, 3.05) is 25.0 Å². The van der Waals surface area contributed by atoms with Crippen molar-refractivity contribution in [3.8, 4) is 17.2 Å². The van der Waals surface area contributed by atoms with Crippen LogP contribution in [0.3, 0.4) is 0 Å². The van der Waals surface area contributed by atoms with E-state index in [0.717, 1.165) is 25.9 Å². The Morgan fingerprint density at radius 3 is 2.61 bits per heavy atom. The van der Waals surface area contributed by atoms with Crippen LogP contribution in [-0.2, 0) is 0 Å². The molecule has 9 nitrogen and oxygen atoms in total. The Morgan fingerprint density at radius 2 is 1.97 bits per heavy atom. The average molecular weight is 421 g/mol. The molecule has 0 aliphatic carbocycles. The standard InChI is InChI=1S/C22H23N5O4/c1-2-10-30-17-11-15(21(28)25-20-6-7-24-26-20)12-18(13-17)31-16-4-5-19(23-14-16)22(29)27-8-3-9-27/h4-7,11-14H,2-3,8-10H2,1H3,(H2,24,25,26,28). The van der Waals surface area contributed by atoms with Crippen LogP contribution in [0.4, 0.5) is 5.82 Å². The fraction of sp³-hybridized carbons (Fsp3) is 0.273. The fourth-order valence-electron chi connectivity index (χ4n) is 2.97. The molecule has 1 aromatic carbocycles. The van der Waals surface area contributed by atoms with Crippen molar-refractivity contribution in [3.63, 3.8) is 0 Å². The zero-order chi connectivity index (χ0) is 21.6. The Labute approximate surface area is 179 Å². The van der Waals surface area contributed by atoms with E-state index in [4.69, 9.17) is 9.47 Å². The number of benzene rings is 1. The van der Waals surface area contributed by atoms with Gasteiger partial charge in [0.2, 0.25) is 0 Å². The molecular formula is C22H23N5O4. The van der Waals surface area contributed by atoms with Crippen molar-refractivity contribution >= 4 is 17.6 Å².